The van der Waals surface area contributed by atoms with Gasteiger partial charge in [0.1, 0.15) is 0 Å². The molecule has 0 unspecified atom stereocenters. The molecule has 0 atom stereocenters. The summed E-state index contributed by atoms with van der Waals surface area (Å²) in [6.45, 7) is 4.56. The average molecular weight is 428 g/mol. The van der Waals surface area contributed by atoms with Crippen LogP contribution in [-0.4, -0.2) is 15.9 Å². The molecule has 0 aliphatic heterocycles. The Morgan fingerprint density at radius 3 is 2.61 bits per heavy atom. The number of hydrogen-bond acceptors (Lipinski definition) is 5. The third kappa shape index (κ3) is 3.94. The van der Waals surface area contributed by atoms with Gasteiger partial charge in [-0.3, -0.25) is 14.7 Å². The highest BCUT2D eigenvalue weighted by molar-refractivity contribution is 7.22. The van der Waals surface area contributed by atoms with Crippen LogP contribution >= 0.6 is 34.3 Å². The molecule has 4 nitrogen and oxygen atoms in total. The lowest BCUT2D eigenvalue weighted by molar-refractivity contribution is -0.118. The van der Waals surface area contributed by atoms with E-state index in [0.717, 1.165) is 26.2 Å². The molecule has 1 amide bonds. The van der Waals surface area contributed by atoms with E-state index in [-0.39, 0.29) is 5.91 Å². The van der Waals surface area contributed by atoms with Crippen LogP contribution in [0.25, 0.3) is 10.2 Å². The number of nitrogens with zero attached hydrogens (tertiary/aromatic N) is 3. The summed E-state index contributed by atoms with van der Waals surface area (Å²) in [5, 5.41) is 0.712. The summed E-state index contributed by atoms with van der Waals surface area (Å²) in [5.41, 5.74) is 4.21. The summed E-state index contributed by atoms with van der Waals surface area (Å²) < 4.78 is 1.81. The number of carbonyl (C=O) groups excluding carboxylic acids is 1. The van der Waals surface area contributed by atoms with Crippen molar-refractivity contribution in [3.63, 3.8) is 0 Å². The van der Waals surface area contributed by atoms with E-state index < -0.39 is 0 Å². The molecular weight excluding hydrogens is 410 g/mol. The number of carbonyl (C=O) groups is 1. The molecule has 0 saturated carbocycles. The Balaban J connectivity index is 1.73. The lowest BCUT2D eigenvalue weighted by Gasteiger charge is -2.19. The second-order valence-corrected chi connectivity index (χ2v) is 9.37. The highest BCUT2D eigenvalue weighted by Crippen LogP contribution is 2.34. The number of pyridine rings is 1. The molecular formula is C21H18ClN3OS2. The van der Waals surface area contributed by atoms with Crippen molar-refractivity contribution in [1.82, 2.24) is 9.97 Å². The van der Waals surface area contributed by atoms with Crippen LogP contribution in [0.2, 0.25) is 4.34 Å². The number of halogens is 1. The number of hydrogen-bond donors (Lipinski definition) is 0. The van der Waals surface area contributed by atoms with E-state index in [1.165, 1.54) is 16.9 Å². The highest BCUT2D eigenvalue weighted by atomic mass is 35.5. The smallest absolute Gasteiger partial charge is 0.234 e. The molecule has 4 rings (SSSR count). The average Bonchev–Trinajstić information content (AvgIpc) is 3.31. The Kier molecular flexibility index (Phi) is 5.44. The van der Waals surface area contributed by atoms with Gasteiger partial charge in [-0.15, -0.1) is 11.3 Å². The number of amides is 1. The number of fused-ring (bicyclic) bond motifs is 1. The van der Waals surface area contributed by atoms with Gasteiger partial charge >= 0.3 is 0 Å². The zero-order valence-corrected chi connectivity index (χ0v) is 17.9. The SMILES string of the molecule is Cc1ccc(C)c2sc(N(Cc3cccnc3)C(=O)Cc3ccc(Cl)s3)nc12. The number of aromatic nitrogens is 2. The summed E-state index contributed by atoms with van der Waals surface area (Å²) in [7, 11) is 0. The van der Waals surface area contributed by atoms with E-state index in [2.05, 4.69) is 24.0 Å². The van der Waals surface area contributed by atoms with E-state index in [4.69, 9.17) is 16.6 Å². The molecule has 0 fully saturated rings. The number of benzene rings is 1. The number of thiophene rings is 1. The molecule has 28 heavy (non-hydrogen) atoms. The molecule has 0 radical (unpaired) electrons. The molecule has 0 saturated heterocycles. The fraction of sp³-hybridized carbons (Fsp3) is 0.190. The fourth-order valence-electron chi connectivity index (χ4n) is 2.99. The first kappa shape index (κ1) is 19.1. The largest absolute Gasteiger partial charge is 0.283 e. The Labute approximate surface area is 176 Å². The first-order valence-corrected chi connectivity index (χ1v) is 10.8. The molecule has 0 N–H and O–H groups in total. The van der Waals surface area contributed by atoms with Crippen molar-refractivity contribution in [1.29, 1.82) is 0 Å². The molecule has 4 aromatic rings. The van der Waals surface area contributed by atoms with Crippen LogP contribution in [0, 0.1) is 13.8 Å². The summed E-state index contributed by atoms with van der Waals surface area (Å²) in [6.07, 6.45) is 3.81. The van der Waals surface area contributed by atoms with Crippen molar-refractivity contribution < 1.29 is 4.79 Å². The summed E-state index contributed by atoms with van der Waals surface area (Å²) in [4.78, 5) is 24.9. The van der Waals surface area contributed by atoms with Gasteiger partial charge in [-0.1, -0.05) is 41.1 Å². The maximum Gasteiger partial charge on any atom is 0.234 e. The van der Waals surface area contributed by atoms with Crippen LogP contribution in [0.15, 0.2) is 48.8 Å². The van der Waals surface area contributed by atoms with E-state index in [1.807, 2.05) is 31.2 Å². The molecule has 3 aromatic heterocycles. The van der Waals surface area contributed by atoms with Gasteiger partial charge in [-0.2, -0.15) is 0 Å². The van der Waals surface area contributed by atoms with Gasteiger partial charge in [0.05, 0.1) is 27.5 Å². The Morgan fingerprint density at radius 2 is 1.93 bits per heavy atom. The Hall–Kier alpha value is -2.28. The lowest BCUT2D eigenvalue weighted by Crippen LogP contribution is -2.31. The Morgan fingerprint density at radius 1 is 1.11 bits per heavy atom. The minimum Gasteiger partial charge on any atom is -0.283 e. The zero-order valence-electron chi connectivity index (χ0n) is 15.5. The second-order valence-electron chi connectivity index (χ2n) is 6.60. The van der Waals surface area contributed by atoms with Gasteiger partial charge in [0.15, 0.2) is 5.13 Å². The van der Waals surface area contributed by atoms with Crippen LogP contribution in [0.1, 0.15) is 21.6 Å². The first-order chi connectivity index (χ1) is 13.5. The van der Waals surface area contributed by atoms with Crippen molar-refractivity contribution in [2.45, 2.75) is 26.8 Å². The van der Waals surface area contributed by atoms with Gasteiger partial charge in [-0.25, -0.2) is 4.98 Å². The Bertz CT molecular complexity index is 1100. The molecule has 1 aromatic carbocycles. The maximum absolute atomic E-state index is 13.2. The molecule has 0 aliphatic rings. The molecule has 0 bridgehead atoms. The highest BCUT2D eigenvalue weighted by Gasteiger charge is 2.22. The molecule has 0 spiro atoms. The fourth-order valence-corrected chi connectivity index (χ4v) is 5.20. The third-order valence-corrected chi connectivity index (χ3v) is 6.93. The van der Waals surface area contributed by atoms with Gasteiger partial charge in [0.2, 0.25) is 5.91 Å². The van der Waals surface area contributed by atoms with Crippen molar-refractivity contribution in [2.75, 3.05) is 4.90 Å². The quantitative estimate of drug-likeness (QED) is 0.404. The summed E-state index contributed by atoms with van der Waals surface area (Å²) >= 11 is 9.03. The van der Waals surface area contributed by atoms with Gasteiger partial charge in [0, 0.05) is 17.3 Å². The normalized spacial score (nSPS) is 11.1. The molecule has 142 valence electrons. The molecule has 0 aliphatic carbocycles. The van der Waals surface area contributed by atoms with Crippen LogP contribution in [0.4, 0.5) is 5.13 Å². The van der Waals surface area contributed by atoms with E-state index >= 15 is 0 Å². The lowest BCUT2D eigenvalue weighted by atomic mass is 10.1. The second kappa shape index (κ2) is 7.99. The van der Waals surface area contributed by atoms with Crippen LogP contribution in [-0.2, 0) is 17.8 Å². The predicted molar refractivity (Wildman–Crippen MR) is 118 cm³/mol. The van der Waals surface area contributed by atoms with Gasteiger partial charge in [-0.05, 0) is 48.7 Å². The standard InChI is InChI=1S/C21H18ClN3OS2/c1-13-5-6-14(2)20-19(13)24-21(28-20)25(12-15-4-3-9-23-11-15)18(26)10-16-7-8-17(22)27-16/h3-9,11H,10,12H2,1-2H3. The van der Waals surface area contributed by atoms with Crippen LogP contribution < -0.4 is 4.90 Å². The minimum atomic E-state index is -0.00303. The van der Waals surface area contributed by atoms with Crippen LogP contribution in [0.5, 0.6) is 0 Å². The van der Waals surface area contributed by atoms with Crippen LogP contribution in [0.3, 0.4) is 0 Å². The topological polar surface area (TPSA) is 46.1 Å². The van der Waals surface area contributed by atoms with Gasteiger partial charge < -0.3 is 0 Å². The zero-order chi connectivity index (χ0) is 19.7. The third-order valence-electron chi connectivity index (χ3n) is 4.48. The number of aryl methyl sites for hydroxylation is 2. The van der Waals surface area contributed by atoms with Crippen molar-refractivity contribution >= 4 is 55.5 Å². The van der Waals surface area contributed by atoms with E-state index in [1.54, 1.807) is 28.6 Å². The van der Waals surface area contributed by atoms with Crippen molar-refractivity contribution in [3.05, 3.63) is 74.7 Å². The molecule has 3 heterocycles. The van der Waals surface area contributed by atoms with E-state index in [9.17, 15) is 4.79 Å². The first-order valence-electron chi connectivity index (χ1n) is 8.81. The number of rotatable bonds is 5. The van der Waals surface area contributed by atoms with Crippen molar-refractivity contribution in [3.8, 4) is 0 Å². The number of anilines is 1. The minimum absolute atomic E-state index is 0.00303. The van der Waals surface area contributed by atoms with Crippen molar-refractivity contribution in [2.24, 2.45) is 0 Å². The van der Waals surface area contributed by atoms with Gasteiger partial charge in [0.25, 0.3) is 0 Å². The summed E-state index contributed by atoms with van der Waals surface area (Å²) in [5.74, 6) is -0.00303. The van der Waals surface area contributed by atoms with E-state index in [0.29, 0.717) is 22.4 Å². The molecule has 7 heteroatoms. The predicted octanol–water partition coefficient (Wildman–Crippen LogP) is 5.80. The maximum atomic E-state index is 13.2. The monoisotopic (exact) mass is 427 g/mol. The summed E-state index contributed by atoms with van der Waals surface area (Å²) in [6, 6.07) is 11.7. The number of thiazole rings is 1.